The van der Waals surface area contributed by atoms with Gasteiger partial charge in [0, 0.05) is 16.5 Å². The summed E-state index contributed by atoms with van der Waals surface area (Å²) in [4.78, 5) is 14.8. The summed E-state index contributed by atoms with van der Waals surface area (Å²) in [6, 6.07) is 31.8. The average Bonchev–Trinajstić information content (AvgIpc) is 3.11. The molecule has 0 saturated heterocycles. The second-order valence-electron chi connectivity index (χ2n) is 13.2. The molecule has 2 aliphatic carbocycles. The zero-order chi connectivity index (χ0) is 34.3. The standard InChI is InChI=1S/C45H44ClN3/c1-30-14-21-36(22-15-30)39-25-40(27-41(46)26-39)44(47-5)49-45(38-23-16-33(4)43(28-38)42-13-9-7-11-32(42)3)48-29-35-19-17-34(18-20-35)24-37-12-8-6-10-31(37)2/h6,8-10,12-22,25-28,38H,5,7,11,23-24,29H2,1-4H3/b48-45-,49-44-. The SMILES string of the molecule is C=N/C(=N\C(=N/Cc1ccc(Cc2ccccc2C)cc1)C1C=C(C2=C(C)CCC=C2)C(C)=CC1)c1cc(Cl)cc(-c2ccc(C)cc2)c1. The van der Waals surface area contributed by atoms with Crippen molar-refractivity contribution in [1.29, 1.82) is 0 Å². The quantitative estimate of drug-likeness (QED) is 0.133. The first-order valence-corrected chi connectivity index (χ1v) is 17.5. The smallest absolute Gasteiger partial charge is 0.160 e. The van der Waals surface area contributed by atoms with Crippen LogP contribution in [-0.4, -0.2) is 18.4 Å². The monoisotopic (exact) mass is 661 g/mol. The minimum Gasteiger partial charge on any atom is -0.265 e. The molecule has 0 fully saturated rings. The molecule has 6 rings (SSSR count). The van der Waals surface area contributed by atoms with E-state index in [0.717, 1.165) is 53.8 Å². The Morgan fingerprint density at radius 2 is 1.61 bits per heavy atom. The first-order valence-electron chi connectivity index (χ1n) is 17.1. The minimum atomic E-state index is -0.0119. The highest BCUT2D eigenvalue weighted by molar-refractivity contribution is 6.31. The third-order valence-corrected chi connectivity index (χ3v) is 9.75. The molecule has 0 saturated carbocycles. The van der Waals surface area contributed by atoms with Crippen molar-refractivity contribution in [3.05, 3.63) is 176 Å². The predicted molar refractivity (Wildman–Crippen MR) is 210 cm³/mol. The zero-order valence-corrected chi connectivity index (χ0v) is 29.8. The molecular formula is C45H44ClN3. The van der Waals surface area contributed by atoms with E-state index < -0.39 is 0 Å². The van der Waals surface area contributed by atoms with Crippen LogP contribution in [0.5, 0.6) is 0 Å². The van der Waals surface area contributed by atoms with E-state index in [-0.39, 0.29) is 5.92 Å². The maximum Gasteiger partial charge on any atom is 0.160 e. The lowest BCUT2D eigenvalue weighted by Gasteiger charge is -2.24. The Balaban J connectivity index is 1.36. The van der Waals surface area contributed by atoms with Crippen LogP contribution in [0.4, 0.5) is 0 Å². The Bertz CT molecular complexity index is 2040. The molecule has 3 nitrogen and oxygen atoms in total. The second-order valence-corrected chi connectivity index (χ2v) is 13.7. The van der Waals surface area contributed by atoms with Crippen molar-refractivity contribution in [1.82, 2.24) is 0 Å². The fourth-order valence-electron chi connectivity index (χ4n) is 6.52. The van der Waals surface area contributed by atoms with Gasteiger partial charge in [0.15, 0.2) is 5.84 Å². The maximum absolute atomic E-state index is 6.69. The number of allylic oxidation sites excluding steroid dienone is 7. The van der Waals surface area contributed by atoms with Gasteiger partial charge < -0.3 is 0 Å². The zero-order valence-electron chi connectivity index (χ0n) is 29.0. The van der Waals surface area contributed by atoms with Gasteiger partial charge in [-0.3, -0.25) is 4.99 Å². The summed E-state index contributed by atoms with van der Waals surface area (Å²) in [6.07, 6.45) is 13.1. The van der Waals surface area contributed by atoms with Crippen molar-refractivity contribution < 1.29 is 0 Å². The van der Waals surface area contributed by atoms with E-state index in [1.54, 1.807) is 0 Å². The van der Waals surface area contributed by atoms with Gasteiger partial charge in [-0.05, 0) is 128 Å². The van der Waals surface area contributed by atoms with Gasteiger partial charge in [-0.25, -0.2) is 9.98 Å². The number of benzene rings is 4. The topological polar surface area (TPSA) is 37.1 Å². The predicted octanol–water partition coefficient (Wildman–Crippen LogP) is 11.8. The molecule has 0 aliphatic heterocycles. The van der Waals surface area contributed by atoms with Crippen LogP contribution in [0.25, 0.3) is 11.1 Å². The van der Waals surface area contributed by atoms with E-state index >= 15 is 0 Å². The number of halogens is 1. The van der Waals surface area contributed by atoms with Crippen molar-refractivity contribution in [2.24, 2.45) is 20.9 Å². The van der Waals surface area contributed by atoms with Gasteiger partial charge in [0.05, 0.1) is 6.54 Å². The van der Waals surface area contributed by atoms with Gasteiger partial charge in [0.25, 0.3) is 0 Å². The number of aryl methyl sites for hydroxylation is 2. The molecule has 1 atom stereocenters. The summed E-state index contributed by atoms with van der Waals surface area (Å²) in [5, 5.41) is 0.624. The number of rotatable bonds is 8. The molecule has 1 unspecified atom stereocenters. The largest absolute Gasteiger partial charge is 0.265 e. The number of nitrogens with zero attached hydrogens (tertiary/aromatic N) is 3. The van der Waals surface area contributed by atoms with Crippen molar-refractivity contribution in [2.45, 2.75) is 59.9 Å². The Morgan fingerprint density at radius 3 is 2.35 bits per heavy atom. The summed E-state index contributed by atoms with van der Waals surface area (Å²) in [7, 11) is 0. The Labute approximate surface area is 296 Å². The van der Waals surface area contributed by atoms with Crippen molar-refractivity contribution >= 4 is 30.0 Å². The highest BCUT2D eigenvalue weighted by Gasteiger charge is 2.22. The lowest BCUT2D eigenvalue weighted by atomic mass is 9.83. The Hall–Kier alpha value is -4.86. The molecule has 0 spiro atoms. The first kappa shape index (κ1) is 34.0. The highest BCUT2D eigenvalue weighted by Crippen LogP contribution is 2.35. The minimum absolute atomic E-state index is 0.0119. The first-order chi connectivity index (χ1) is 23.8. The molecule has 0 aromatic heterocycles. The third-order valence-electron chi connectivity index (χ3n) is 9.54. The lowest BCUT2D eigenvalue weighted by molar-refractivity contribution is 0.823. The van der Waals surface area contributed by atoms with Crippen LogP contribution < -0.4 is 0 Å². The van der Waals surface area contributed by atoms with E-state index in [1.165, 1.54) is 44.5 Å². The van der Waals surface area contributed by atoms with Crippen LogP contribution in [-0.2, 0) is 13.0 Å². The van der Waals surface area contributed by atoms with Gasteiger partial charge in [0.1, 0.15) is 5.84 Å². The summed E-state index contributed by atoms with van der Waals surface area (Å²) in [5.41, 5.74) is 14.5. The lowest BCUT2D eigenvalue weighted by Crippen LogP contribution is -2.17. The molecule has 4 aromatic carbocycles. The Kier molecular flexibility index (Phi) is 10.8. The van der Waals surface area contributed by atoms with Crippen LogP contribution in [0.3, 0.4) is 0 Å². The number of hydrogen-bond acceptors (Lipinski definition) is 1. The van der Waals surface area contributed by atoms with Crippen LogP contribution in [0.15, 0.2) is 153 Å². The molecule has 0 radical (unpaired) electrons. The average molecular weight is 662 g/mol. The molecule has 4 aromatic rings. The summed E-state index contributed by atoms with van der Waals surface area (Å²) in [6.45, 7) is 13.2. The van der Waals surface area contributed by atoms with Crippen molar-refractivity contribution in [2.75, 3.05) is 0 Å². The molecular weight excluding hydrogens is 618 g/mol. The van der Waals surface area contributed by atoms with E-state index in [4.69, 9.17) is 21.6 Å². The van der Waals surface area contributed by atoms with E-state index in [2.05, 4.69) is 143 Å². The highest BCUT2D eigenvalue weighted by atomic mass is 35.5. The van der Waals surface area contributed by atoms with Crippen LogP contribution in [0, 0.1) is 19.8 Å². The normalized spacial score (nSPS) is 16.8. The van der Waals surface area contributed by atoms with E-state index in [0.29, 0.717) is 17.4 Å². The molecule has 246 valence electrons. The van der Waals surface area contributed by atoms with Crippen LogP contribution >= 0.6 is 11.6 Å². The summed E-state index contributed by atoms with van der Waals surface area (Å²) < 4.78 is 0. The van der Waals surface area contributed by atoms with Crippen LogP contribution in [0.1, 0.15) is 66.5 Å². The van der Waals surface area contributed by atoms with Gasteiger partial charge in [0.2, 0.25) is 0 Å². The molecule has 49 heavy (non-hydrogen) atoms. The third kappa shape index (κ3) is 8.42. The maximum atomic E-state index is 6.69. The van der Waals surface area contributed by atoms with Crippen molar-refractivity contribution in [3.8, 4) is 11.1 Å². The van der Waals surface area contributed by atoms with Gasteiger partial charge in [-0.15, -0.1) is 0 Å². The number of amidine groups is 2. The molecule has 0 N–H and O–H groups in total. The summed E-state index contributed by atoms with van der Waals surface area (Å²) in [5.74, 6) is 1.24. The Morgan fingerprint density at radius 1 is 0.857 bits per heavy atom. The summed E-state index contributed by atoms with van der Waals surface area (Å²) >= 11 is 6.69. The fourth-order valence-corrected chi connectivity index (χ4v) is 6.76. The van der Waals surface area contributed by atoms with Gasteiger partial charge >= 0.3 is 0 Å². The van der Waals surface area contributed by atoms with Crippen LogP contribution in [0.2, 0.25) is 5.02 Å². The molecule has 4 heteroatoms. The van der Waals surface area contributed by atoms with E-state index in [9.17, 15) is 0 Å². The number of hydrogen-bond donors (Lipinski definition) is 0. The van der Waals surface area contributed by atoms with Gasteiger partial charge in [-0.1, -0.05) is 120 Å². The van der Waals surface area contributed by atoms with E-state index in [1.807, 2.05) is 12.1 Å². The molecule has 0 heterocycles. The number of aliphatic imine (C=N–C) groups is 3. The molecule has 2 aliphatic rings. The van der Waals surface area contributed by atoms with Crippen molar-refractivity contribution in [3.63, 3.8) is 0 Å². The fraction of sp³-hybridized carbons (Fsp3) is 0.222. The molecule has 0 amide bonds. The second kappa shape index (κ2) is 15.6. The molecule has 0 bridgehead atoms. The van der Waals surface area contributed by atoms with Gasteiger partial charge in [-0.2, -0.15) is 0 Å².